The summed E-state index contributed by atoms with van der Waals surface area (Å²) in [5.41, 5.74) is 7.56. The van der Waals surface area contributed by atoms with Crippen LogP contribution in [0.3, 0.4) is 0 Å². The molecule has 2 N–H and O–H groups in total. The molecule has 2 nitrogen and oxygen atoms in total. The molecule has 1 aliphatic carbocycles. The lowest BCUT2D eigenvalue weighted by atomic mass is 9.86. The van der Waals surface area contributed by atoms with Crippen LogP contribution in [0.4, 0.5) is 0 Å². The Morgan fingerprint density at radius 1 is 1.54 bits per heavy atom. The van der Waals surface area contributed by atoms with Crippen molar-refractivity contribution in [3.8, 4) is 0 Å². The van der Waals surface area contributed by atoms with Gasteiger partial charge in [0.2, 0.25) is 0 Å². The van der Waals surface area contributed by atoms with Gasteiger partial charge in [0.15, 0.2) is 0 Å². The summed E-state index contributed by atoms with van der Waals surface area (Å²) < 4.78 is 5.23. The highest BCUT2D eigenvalue weighted by molar-refractivity contribution is 5.13. The third-order valence-corrected chi connectivity index (χ3v) is 3.56. The highest BCUT2D eigenvalue weighted by Gasteiger charge is 2.31. The third kappa shape index (κ3) is 1.73. The Kier molecular flexibility index (Phi) is 2.58. The van der Waals surface area contributed by atoms with Gasteiger partial charge in [-0.25, -0.2) is 0 Å². The van der Waals surface area contributed by atoms with E-state index in [4.69, 9.17) is 10.5 Å². The van der Waals surface area contributed by atoms with Crippen LogP contribution in [-0.4, -0.2) is 12.6 Å². The number of hydrogen-bond acceptors (Lipinski definition) is 2. The van der Waals surface area contributed by atoms with E-state index in [1.54, 1.807) is 0 Å². The third-order valence-electron chi connectivity index (χ3n) is 3.56. The summed E-state index contributed by atoms with van der Waals surface area (Å²) in [5.74, 6) is 1.50. The molecule has 1 saturated carbocycles. The van der Waals surface area contributed by atoms with Crippen LogP contribution in [0, 0.1) is 11.8 Å². The number of hydrogen-bond donors (Lipinski definition) is 1. The van der Waals surface area contributed by atoms with Crippen molar-refractivity contribution in [1.29, 1.82) is 0 Å². The van der Waals surface area contributed by atoms with Gasteiger partial charge in [0, 0.05) is 12.5 Å². The second-order valence-corrected chi connectivity index (χ2v) is 4.41. The summed E-state index contributed by atoms with van der Waals surface area (Å²) in [5, 5.41) is 0. The minimum atomic E-state index is 0.264. The first-order valence-corrected chi connectivity index (χ1v) is 5.35. The molecule has 0 amide bonds. The highest BCUT2D eigenvalue weighted by Crippen LogP contribution is 2.36. The van der Waals surface area contributed by atoms with Gasteiger partial charge in [0.25, 0.3) is 0 Å². The maximum absolute atomic E-state index is 6.23. The Morgan fingerprint density at radius 2 is 2.38 bits per heavy atom. The summed E-state index contributed by atoms with van der Waals surface area (Å²) in [7, 11) is 0. The Morgan fingerprint density at radius 3 is 2.92 bits per heavy atom. The van der Waals surface area contributed by atoms with E-state index in [-0.39, 0.29) is 6.04 Å². The largest absolute Gasteiger partial charge is 0.501 e. The molecule has 0 spiro atoms. The molecule has 0 aromatic carbocycles. The SMILES string of the molecule is CC1CCCC1C(N)C1=COCC1. The van der Waals surface area contributed by atoms with Crippen molar-refractivity contribution in [1.82, 2.24) is 0 Å². The molecule has 13 heavy (non-hydrogen) atoms. The van der Waals surface area contributed by atoms with Crippen molar-refractivity contribution in [3.05, 3.63) is 11.8 Å². The molecule has 2 rings (SSSR count). The zero-order chi connectivity index (χ0) is 9.26. The van der Waals surface area contributed by atoms with E-state index in [0.29, 0.717) is 5.92 Å². The Labute approximate surface area is 80.1 Å². The smallest absolute Gasteiger partial charge is 0.0912 e. The summed E-state index contributed by atoms with van der Waals surface area (Å²) in [6, 6.07) is 0.264. The Balaban J connectivity index is 1.99. The van der Waals surface area contributed by atoms with Crippen molar-refractivity contribution in [3.63, 3.8) is 0 Å². The molecule has 2 heteroatoms. The van der Waals surface area contributed by atoms with Crippen LogP contribution in [0.1, 0.15) is 32.6 Å². The molecule has 0 bridgehead atoms. The maximum atomic E-state index is 6.23. The van der Waals surface area contributed by atoms with Gasteiger partial charge in [-0.3, -0.25) is 0 Å². The van der Waals surface area contributed by atoms with Gasteiger partial charge in [-0.05, 0) is 23.8 Å². The molecule has 3 unspecified atom stereocenters. The Hall–Kier alpha value is -0.500. The molecular formula is C11H19NO. The summed E-state index contributed by atoms with van der Waals surface area (Å²) >= 11 is 0. The molecule has 0 aromatic heterocycles. The predicted molar refractivity (Wildman–Crippen MR) is 53.1 cm³/mol. The van der Waals surface area contributed by atoms with Crippen LogP contribution in [0.25, 0.3) is 0 Å². The zero-order valence-electron chi connectivity index (χ0n) is 8.33. The molecule has 3 atom stereocenters. The van der Waals surface area contributed by atoms with Gasteiger partial charge in [-0.15, -0.1) is 0 Å². The van der Waals surface area contributed by atoms with Gasteiger partial charge < -0.3 is 10.5 Å². The second-order valence-electron chi connectivity index (χ2n) is 4.41. The molecule has 2 aliphatic rings. The number of rotatable bonds is 2. The van der Waals surface area contributed by atoms with Crippen LogP contribution >= 0.6 is 0 Å². The van der Waals surface area contributed by atoms with Crippen molar-refractivity contribution < 1.29 is 4.74 Å². The van der Waals surface area contributed by atoms with Crippen LogP contribution in [0.5, 0.6) is 0 Å². The first-order chi connectivity index (χ1) is 6.29. The second kappa shape index (κ2) is 3.70. The number of nitrogens with two attached hydrogens (primary N) is 1. The van der Waals surface area contributed by atoms with Crippen molar-refractivity contribution in [2.24, 2.45) is 17.6 Å². The monoisotopic (exact) mass is 181 g/mol. The van der Waals surface area contributed by atoms with Crippen molar-refractivity contribution >= 4 is 0 Å². The van der Waals surface area contributed by atoms with E-state index in [9.17, 15) is 0 Å². The lowest BCUT2D eigenvalue weighted by molar-refractivity contribution is 0.281. The predicted octanol–water partition coefficient (Wildman–Crippen LogP) is 2.05. The molecule has 1 aliphatic heterocycles. The molecule has 1 heterocycles. The van der Waals surface area contributed by atoms with Crippen LogP contribution < -0.4 is 5.73 Å². The van der Waals surface area contributed by atoms with E-state index < -0.39 is 0 Å². The van der Waals surface area contributed by atoms with Gasteiger partial charge in [0.1, 0.15) is 0 Å². The van der Waals surface area contributed by atoms with Crippen molar-refractivity contribution in [2.45, 2.75) is 38.6 Å². The number of ether oxygens (including phenoxy) is 1. The summed E-state index contributed by atoms with van der Waals surface area (Å²) in [6.07, 6.45) is 6.94. The lowest BCUT2D eigenvalue weighted by Gasteiger charge is -2.23. The molecule has 74 valence electrons. The van der Waals surface area contributed by atoms with E-state index in [0.717, 1.165) is 18.9 Å². The average Bonchev–Trinajstić information content (AvgIpc) is 2.72. The van der Waals surface area contributed by atoms with Crippen molar-refractivity contribution in [2.75, 3.05) is 6.61 Å². The fraction of sp³-hybridized carbons (Fsp3) is 0.818. The standard InChI is InChI=1S/C11H19NO/c1-8-3-2-4-10(8)11(12)9-5-6-13-7-9/h7-8,10-11H,2-6,12H2,1H3. The quantitative estimate of drug-likeness (QED) is 0.707. The molecular weight excluding hydrogens is 162 g/mol. The minimum absolute atomic E-state index is 0.264. The minimum Gasteiger partial charge on any atom is -0.501 e. The van der Waals surface area contributed by atoms with Crippen LogP contribution in [0.15, 0.2) is 11.8 Å². The molecule has 0 aromatic rings. The molecule has 0 radical (unpaired) electrons. The maximum Gasteiger partial charge on any atom is 0.0912 e. The molecule has 1 fully saturated rings. The first kappa shape index (κ1) is 9.07. The lowest BCUT2D eigenvalue weighted by Crippen LogP contribution is -2.33. The average molecular weight is 181 g/mol. The van der Waals surface area contributed by atoms with E-state index >= 15 is 0 Å². The topological polar surface area (TPSA) is 35.2 Å². The van der Waals surface area contributed by atoms with Crippen LogP contribution in [-0.2, 0) is 4.74 Å². The highest BCUT2D eigenvalue weighted by atomic mass is 16.5. The van der Waals surface area contributed by atoms with Gasteiger partial charge in [-0.2, -0.15) is 0 Å². The summed E-state index contributed by atoms with van der Waals surface area (Å²) in [4.78, 5) is 0. The van der Waals surface area contributed by atoms with Gasteiger partial charge >= 0.3 is 0 Å². The Bertz CT molecular complexity index is 212. The summed E-state index contributed by atoms with van der Waals surface area (Å²) in [6.45, 7) is 3.16. The molecule has 0 saturated heterocycles. The fourth-order valence-corrected chi connectivity index (χ4v) is 2.63. The van der Waals surface area contributed by atoms with E-state index in [1.165, 1.54) is 24.8 Å². The first-order valence-electron chi connectivity index (χ1n) is 5.35. The van der Waals surface area contributed by atoms with Crippen LogP contribution in [0.2, 0.25) is 0 Å². The van der Waals surface area contributed by atoms with E-state index in [1.807, 2.05) is 6.26 Å². The zero-order valence-corrected chi connectivity index (χ0v) is 8.33. The van der Waals surface area contributed by atoms with E-state index in [2.05, 4.69) is 6.92 Å². The normalized spacial score (nSPS) is 35.7. The fourth-order valence-electron chi connectivity index (χ4n) is 2.63. The van der Waals surface area contributed by atoms with Gasteiger partial charge in [0.05, 0.1) is 12.9 Å². The van der Waals surface area contributed by atoms with Gasteiger partial charge in [-0.1, -0.05) is 19.8 Å².